The van der Waals surface area contributed by atoms with Crippen molar-refractivity contribution in [2.45, 2.75) is 18.9 Å². The van der Waals surface area contributed by atoms with Crippen LogP contribution in [0.5, 0.6) is 0 Å². The lowest BCUT2D eigenvalue weighted by atomic mass is 10.0. The van der Waals surface area contributed by atoms with Crippen molar-refractivity contribution >= 4 is 11.8 Å². The molecule has 0 unspecified atom stereocenters. The molecule has 2 amide bonds. The van der Waals surface area contributed by atoms with Gasteiger partial charge in [-0.25, -0.2) is 0 Å². The normalized spacial score (nSPS) is 27.6. The van der Waals surface area contributed by atoms with Crippen molar-refractivity contribution in [1.82, 2.24) is 15.1 Å². The molecular formula is C13H23N3O4. The Labute approximate surface area is 118 Å². The van der Waals surface area contributed by atoms with Crippen LogP contribution in [-0.4, -0.2) is 84.8 Å². The van der Waals surface area contributed by atoms with Crippen LogP contribution in [0, 0.1) is 0 Å². The molecule has 2 saturated heterocycles. The van der Waals surface area contributed by atoms with E-state index < -0.39 is 5.60 Å². The Morgan fingerprint density at radius 2 is 2.00 bits per heavy atom. The second-order valence-electron chi connectivity index (χ2n) is 5.59. The van der Waals surface area contributed by atoms with E-state index in [4.69, 9.17) is 4.74 Å². The second-order valence-corrected chi connectivity index (χ2v) is 5.59. The quantitative estimate of drug-likeness (QED) is 0.651. The highest BCUT2D eigenvalue weighted by atomic mass is 16.5. The van der Waals surface area contributed by atoms with Crippen molar-refractivity contribution in [2.24, 2.45) is 0 Å². The summed E-state index contributed by atoms with van der Waals surface area (Å²) in [5, 5.41) is 13.1. The summed E-state index contributed by atoms with van der Waals surface area (Å²) < 4.78 is 5.28. The Morgan fingerprint density at radius 1 is 1.30 bits per heavy atom. The van der Waals surface area contributed by atoms with Gasteiger partial charge in [-0.05, 0) is 6.42 Å². The molecule has 20 heavy (non-hydrogen) atoms. The standard InChI is InChI=1S/C13H23N3O4/c1-11(17)14-8-12(18)16-3-2-13(19,10-16)9-15-4-6-20-7-5-15/h19H,2-10H2,1H3,(H,14,17)/t13-/m1/s1. The van der Waals surface area contributed by atoms with E-state index in [0.717, 1.165) is 13.1 Å². The maximum Gasteiger partial charge on any atom is 0.242 e. The number of nitrogens with zero attached hydrogens (tertiary/aromatic N) is 2. The SMILES string of the molecule is CC(=O)NCC(=O)N1CC[C@@](O)(CN2CCOCC2)C1. The lowest BCUT2D eigenvalue weighted by molar-refractivity contribution is -0.132. The van der Waals surface area contributed by atoms with Gasteiger partial charge in [-0.15, -0.1) is 0 Å². The van der Waals surface area contributed by atoms with Crippen molar-refractivity contribution < 1.29 is 19.4 Å². The van der Waals surface area contributed by atoms with E-state index in [0.29, 0.717) is 39.3 Å². The third-order valence-electron chi connectivity index (χ3n) is 3.80. The topological polar surface area (TPSA) is 82.1 Å². The zero-order chi connectivity index (χ0) is 14.6. The molecule has 2 aliphatic heterocycles. The fraction of sp³-hybridized carbons (Fsp3) is 0.846. The zero-order valence-corrected chi connectivity index (χ0v) is 11.9. The van der Waals surface area contributed by atoms with Crippen LogP contribution in [-0.2, 0) is 14.3 Å². The fourth-order valence-corrected chi connectivity index (χ4v) is 2.69. The molecule has 0 bridgehead atoms. The number of likely N-dealkylation sites (tertiary alicyclic amines) is 1. The number of nitrogens with one attached hydrogen (secondary N) is 1. The van der Waals surface area contributed by atoms with E-state index in [1.165, 1.54) is 6.92 Å². The highest BCUT2D eigenvalue weighted by Crippen LogP contribution is 2.22. The van der Waals surface area contributed by atoms with Gasteiger partial charge < -0.3 is 20.1 Å². The molecule has 0 aromatic rings. The largest absolute Gasteiger partial charge is 0.387 e. The van der Waals surface area contributed by atoms with Crippen molar-refractivity contribution in [2.75, 3.05) is 52.5 Å². The van der Waals surface area contributed by atoms with Crippen LogP contribution in [0.15, 0.2) is 0 Å². The van der Waals surface area contributed by atoms with Crippen LogP contribution in [0.4, 0.5) is 0 Å². The lowest BCUT2D eigenvalue weighted by Gasteiger charge is -2.33. The molecule has 0 spiro atoms. The summed E-state index contributed by atoms with van der Waals surface area (Å²) in [6.07, 6.45) is 0.580. The van der Waals surface area contributed by atoms with Crippen LogP contribution in [0.3, 0.4) is 0 Å². The Hall–Kier alpha value is -1.18. The smallest absolute Gasteiger partial charge is 0.242 e. The van der Waals surface area contributed by atoms with Gasteiger partial charge in [0.15, 0.2) is 0 Å². The van der Waals surface area contributed by atoms with Crippen LogP contribution < -0.4 is 5.32 Å². The Kier molecular flexibility index (Phi) is 4.95. The number of ether oxygens (including phenoxy) is 1. The zero-order valence-electron chi connectivity index (χ0n) is 11.9. The minimum atomic E-state index is -0.844. The summed E-state index contributed by atoms with van der Waals surface area (Å²) >= 11 is 0. The van der Waals surface area contributed by atoms with Crippen LogP contribution >= 0.6 is 0 Å². The molecule has 2 aliphatic rings. The molecule has 1 atom stereocenters. The molecule has 0 aromatic heterocycles. The predicted octanol–water partition coefficient (Wildman–Crippen LogP) is -1.58. The van der Waals surface area contributed by atoms with Gasteiger partial charge in [0, 0.05) is 33.1 Å². The summed E-state index contributed by atoms with van der Waals surface area (Å²) in [5.41, 5.74) is -0.844. The molecule has 2 rings (SSSR count). The number of carbonyl (C=O) groups excluding carboxylic acids is 2. The third-order valence-corrected chi connectivity index (χ3v) is 3.80. The third kappa shape index (κ3) is 4.16. The average Bonchev–Trinajstić information content (AvgIpc) is 2.79. The Bertz CT molecular complexity index is 371. The van der Waals surface area contributed by atoms with E-state index in [1.807, 2.05) is 0 Å². The van der Waals surface area contributed by atoms with E-state index in [9.17, 15) is 14.7 Å². The highest BCUT2D eigenvalue weighted by Gasteiger charge is 2.39. The van der Waals surface area contributed by atoms with E-state index >= 15 is 0 Å². The number of morpholine rings is 1. The lowest BCUT2D eigenvalue weighted by Crippen LogP contribution is -2.49. The summed E-state index contributed by atoms with van der Waals surface area (Å²) in [5.74, 6) is -0.362. The molecule has 2 N–H and O–H groups in total. The van der Waals surface area contributed by atoms with Gasteiger partial charge in [0.2, 0.25) is 11.8 Å². The van der Waals surface area contributed by atoms with Crippen LogP contribution in [0.1, 0.15) is 13.3 Å². The molecule has 0 aliphatic carbocycles. The van der Waals surface area contributed by atoms with Gasteiger partial charge in [0.1, 0.15) is 0 Å². The summed E-state index contributed by atoms with van der Waals surface area (Å²) in [4.78, 5) is 26.5. The Balaban J connectivity index is 1.80. The highest BCUT2D eigenvalue weighted by molar-refractivity contribution is 5.83. The number of rotatable bonds is 4. The van der Waals surface area contributed by atoms with Crippen molar-refractivity contribution in [1.29, 1.82) is 0 Å². The van der Waals surface area contributed by atoms with Gasteiger partial charge in [-0.2, -0.15) is 0 Å². The van der Waals surface area contributed by atoms with Crippen molar-refractivity contribution in [3.8, 4) is 0 Å². The number of aliphatic hydroxyl groups is 1. The maximum absolute atomic E-state index is 11.9. The van der Waals surface area contributed by atoms with E-state index in [2.05, 4.69) is 10.2 Å². The van der Waals surface area contributed by atoms with Crippen LogP contribution in [0.2, 0.25) is 0 Å². The average molecular weight is 285 g/mol. The Morgan fingerprint density at radius 3 is 2.65 bits per heavy atom. The fourth-order valence-electron chi connectivity index (χ4n) is 2.69. The van der Waals surface area contributed by atoms with Gasteiger partial charge >= 0.3 is 0 Å². The molecule has 2 fully saturated rings. The number of hydrogen-bond acceptors (Lipinski definition) is 5. The molecule has 114 valence electrons. The predicted molar refractivity (Wildman–Crippen MR) is 72.1 cm³/mol. The van der Waals surface area contributed by atoms with Gasteiger partial charge in [-0.1, -0.05) is 0 Å². The number of amides is 2. The first-order valence-electron chi connectivity index (χ1n) is 7.03. The first-order valence-corrected chi connectivity index (χ1v) is 7.03. The van der Waals surface area contributed by atoms with Crippen molar-refractivity contribution in [3.05, 3.63) is 0 Å². The molecule has 2 heterocycles. The monoisotopic (exact) mass is 285 g/mol. The molecule has 0 radical (unpaired) electrons. The molecular weight excluding hydrogens is 262 g/mol. The van der Waals surface area contributed by atoms with E-state index in [-0.39, 0.29) is 18.4 Å². The maximum atomic E-state index is 11.9. The van der Waals surface area contributed by atoms with Gasteiger partial charge in [-0.3, -0.25) is 14.5 Å². The molecule has 0 saturated carbocycles. The second kappa shape index (κ2) is 6.51. The molecule has 0 aromatic carbocycles. The van der Waals surface area contributed by atoms with Gasteiger partial charge in [0.25, 0.3) is 0 Å². The first kappa shape index (κ1) is 15.2. The molecule has 7 nitrogen and oxygen atoms in total. The van der Waals surface area contributed by atoms with Crippen molar-refractivity contribution in [3.63, 3.8) is 0 Å². The minimum absolute atomic E-state index is 0.00294. The van der Waals surface area contributed by atoms with E-state index in [1.54, 1.807) is 4.90 Å². The van der Waals surface area contributed by atoms with Crippen LogP contribution in [0.25, 0.3) is 0 Å². The molecule has 7 heteroatoms. The first-order chi connectivity index (χ1) is 9.48. The number of carbonyl (C=O) groups is 2. The van der Waals surface area contributed by atoms with Gasteiger partial charge in [0.05, 0.1) is 31.9 Å². The number of hydrogen-bond donors (Lipinski definition) is 2. The minimum Gasteiger partial charge on any atom is -0.387 e. The number of β-amino-alcohol motifs (C(OH)–C–C–N with tert-alkyl or cyclic N) is 1. The summed E-state index contributed by atoms with van der Waals surface area (Å²) in [6.45, 7) is 5.87. The summed E-state index contributed by atoms with van der Waals surface area (Å²) in [7, 11) is 0. The summed E-state index contributed by atoms with van der Waals surface area (Å²) in [6, 6.07) is 0.